The summed E-state index contributed by atoms with van der Waals surface area (Å²) in [6.45, 7) is 2.12. The fourth-order valence-corrected chi connectivity index (χ4v) is 2.38. The van der Waals surface area contributed by atoms with E-state index in [2.05, 4.69) is 6.92 Å². The van der Waals surface area contributed by atoms with Gasteiger partial charge in [0.2, 0.25) is 0 Å². The topological polar surface area (TPSA) is 0 Å². The van der Waals surface area contributed by atoms with Crippen molar-refractivity contribution in [2.45, 2.75) is 6.92 Å². The molecule has 0 nitrogen and oxygen atoms in total. The molecular weight excluding hydrogens is 150 g/mol. The highest BCUT2D eigenvalue weighted by Gasteiger charge is 1.97. The normalized spacial score (nSPS) is 10.3. The molecule has 0 aromatic rings. The van der Waals surface area contributed by atoms with Gasteiger partial charge in [0.25, 0.3) is 0 Å². The van der Waals surface area contributed by atoms with Crippen molar-refractivity contribution in [3.63, 3.8) is 0 Å². The van der Waals surface area contributed by atoms with Crippen molar-refractivity contribution in [2.75, 3.05) is 17.4 Å². The zero-order chi connectivity index (χ0) is 5.70. The largest absolute Gasteiger partial charge is 0.122 e. The van der Waals surface area contributed by atoms with E-state index in [1.807, 2.05) is 0 Å². The maximum absolute atomic E-state index is 5.51. The van der Waals surface area contributed by atoms with Crippen LogP contribution in [0.1, 0.15) is 6.92 Å². The van der Waals surface area contributed by atoms with Crippen molar-refractivity contribution in [3.8, 4) is 0 Å². The van der Waals surface area contributed by atoms with Crippen molar-refractivity contribution < 1.29 is 0 Å². The van der Waals surface area contributed by atoms with E-state index in [4.69, 9.17) is 23.2 Å². The Kier molecular flexibility index (Phi) is 5.90. The van der Waals surface area contributed by atoms with Gasteiger partial charge in [0.15, 0.2) is 0 Å². The smallest absolute Gasteiger partial charge is 0.0435 e. The molecule has 0 bridgehead atoms. The molecule has 0 heterocycles. The van der Waals surface area contributed by atoms with E-state index in [0.29, 0.717) is 0 Å². The molecule has 0 aliphatic carbocycles. The van der Waals surface area contributed by atoms with Crippen LogP contribution in [0.2, 0.25) is 0 Å². The van der Waals surface area contributed by atoms with Crippen molar-refractivity contribution in [2.24, 2.45) is 0 Å². The lowest BCUT2D eigenvalue weighted by Crippen LogP contribution is -1.78. The van der Waals surface area contributed by atoms with Gasteiger partial charge >= 0.3 is 0 Å². The quantitative estimate of drug-likeness (QED) is 0.438. The molecule has 0 spiro atoms. The molecule has 0 aromatic heterocycles. The van der Waals surface area contributed by atoms with Crippen LogP contribution in [0, 0.1) is 0 Å². The Balaban J connectivity index is 2.99. The third-order valence-corrected chi connectivity index (χ3v) is 4.38. The van der Waals surface area contributed by atoms with Crippen LogP contribution in [0.3, 0.4) is 0 Å². The monoisotopic (exact) mass is 158 g/mol. The van der Waals surface area contributed by atoms with Crippen molar-refractivity contribution in [1.82, 2.24) is 0 Å². The average molecular weight is 159 g/mol. The van der Waals surface area contributed by atoms with Crippen LogP contribution in [0.15, 0.2) is 0 Å². The van der Waals surface area contributed by atoms with Crippen LogP contribution in [-0.4, -0.2) is 17.4 Å². The van der Waals surface area contributed by atoms with E-state index in [0.717, 1.165) is 17.4 Å². The minimum Gasteiger partial charge on any atom is -0.122 e. The Morgan fingerprint density at radius 3 is 1.71 bits per heavy atom. The SMILES string of the molecule is CCP(CCl)CCl. The second-order valence-corrected chi connectivity index (χ2v) is 5.11. The minimum atomic E-state index is -0.0231. The van der Waals surface area contributed by atoms with Gasteiger partial charge in [-0.2, -0.15) is 0 Å². The van der Waals surface area contributed by atoms with Gasteiger partial charge in [-0.05, 0) is 6.16 Å². The first-order chi connectivity index (χ1) is 3.35. The minimum absolute atomic E-state index is 0.0231. The number of hydrogen-bond donors (Lipinski definition) is 0. The van der Waals surface area contributed by atoms with Crippen molar-refractivity contribution in [1.29, 1.82) is 0 Å². The van der Waals surface area contributed by atoms with Crippen LogP contribution < -0.4 is 0 Å². The highest BCUT2D eigenvalue weighted by Crippen LogP contribution is 2.36. The highest BCUT2D eigenvalue weighted by atomic mass is 35.5. The molecule has 0 aromatic carbocycles. The lowest BCUT2D eigenvalue weighted by molar-refractivity contribution is 1.49. The first-order valence-electron chi connectivity index (χ1n) is 2.19. The summed E-state index contributed by atoms with van der Waals surface area (Å²) in [4.78, 5) is 0. The number of alkyl halides is 2. The number of halogens is 2. The molecule has 0 unspecified atom stereocenters. The molecule has 0 rings (SSSR count). The molecular formula is C4H9Cl2P. The Morgan fingerprint density at radius 2 is 1.71 bits per heavy atom. The van der Waals surface area contributed by atoms with E-state index in [1.54, 1.807) is 0 Å². The molecule has 0 radical (unpaired) electrons. The Morgan fingerprint density at radius 1 is 1.29 bits per heavy atom. The lowest BCUT2D eigenvalue weighted by Gasteiger charge is -2.03. The van der Waals surface area contributed by atoms with Gasteiger partial charge in [0.05, 0.1) is 0 Å². The Labute approximate surface area is 55.9 Å². The first-order valence-corrected chi connectivity index (χ1v) is 5.16. The Bertz CT molecular complexity index is 31.2. The summed E-state index contributed by atoms with van der Waals surface area (Å²) < 4.78 is 0. The van der Waals surface area contributed by atoms with Crippen LogP contribution in [0.25, 0.3) is 0 Å². The zero-order valence-electron chi connectivity index (χ0n) is 4.32. The molecule has 0 atom stereocenters. The van der Waals surface area contributed by atoms with Crippen molar-refractivity contribution >= 4 is 31.1 Å². The number of rotatable bonds is 3. The third-order valence-electron chi connectivity index (χ3n) is 0.785. The fraction of sp³-hybridized carbons (Fsp3) is 1.00. The van der Waals surface area contributed by atoms with Gasteiger partial charge in [0.1, 0.15) is 0 Å². The predicted molar refractivity (Wildman–Crippen MR) is 38.9 cm³/mol. The molecule has 7 heavy (non-hydrogen) atoms. The van der Waals surface area contributed by atoms with E-state index in [1.165, 1.54) is 0 Å². The van der Waals surface area contributed by atoms with Gasteiger partial charge in [-0.1, -0.05) is 14.8 Å². The van der Waals surface area contributed by atoms with Crippen LogP contribution in [0.5, 0.6) is 0 Å². The number of hydrogen-bond acceptors (Lipinski definition) is 0. The second-order valence-electron chi connectivity index (χ2n) is 1.23. The Hall–Kier alpha value is 1.01. The van der Waals surface area contributed by atoms with Gasteiger partial charge in [0, 0.05) is 11.2 Å². The summed E-state index contributed by atoms with van der Waals surface area (Å²) in [7, 11) is -0.0231. The predicted octanol–water partition coefficient (Wildman–Crippen LogP) is 2.88. The molecule has 44 valence electrons. The lowest BCUT2D eigenvalue weighted by atomic mass is 11.0. The maximum Gasteiger partial charge on any atom is 0.0435 e. The molecule has 0 saturated carbocycles. The van der Waals surface area contributed by atoms with Gasteiger partial charge in [-0.25, -0.2) is 0 Å². The molecule has 0 N–H and O–H groups in total. The van der Waals surface area contributed by atoms with Crippen LogP contribution in [-0.2, 0) is 0 Å². The summed E-state index contributed by atoms with van der Waals surface area (Å²) >= 11 is 11.0. The second kappa shape index (κ2) is 5.15. The molecule has 0 aliphatic heterocycles. The van der Waals surface area contributed by atoms with E-state index in [9.17, 15) is 0 Å². The first kappa shape index (κ1) is 8.01. The summed E-state index contributed by atoms with van der Waals surface area (Å²) in [5.74, 6) is 0. The van der Waals surface area contributed by atoms with Crippen LogP contribution >= 0.6 is 31.1 Å². The van der Waals surface area contributed by atoms with Crippen molar-refractivity contribution in [3.05, 3.63) is 0 Å². The average Bonchev–Trinajstić information content (AvgIpc) is 1.72. The summed E-state index contributed by atoms with van der Waals surface area (Å²) in [5.41, 5.74) is 1.52. The zero-order valence-corrected chi connectivity index (χ0v) is 6.73. The maximum atomic E-state index is 5.51. The van der Waals surface area contributed by atoms with E-state index in [-0.39, 0.29) is 7.92 Å². The van der Waals surface area contributed by atoms with E-state index < -0.39 is 0 Å². The molecule has 0 fully saturated rings. The highest BCUT2D eigenvalue weighted by molar-refractivity contribution is 7.60. The van der Waals surface area contributed by atoms with Gasteiger partial charge in [-0.3, -0.25) is 0 Å². The summed E-state index contributed by atoms with van der Waals surface area (Å²) in [6, 6.07) is 0. The standard InChI is InChI=1S/C4H9Cl2P/c1-2-7(3-5)4-6/h2-4H2,1H3. The van der Waals surface area contributed by atoms with E-state index >= 15 is 0 Å². The fourth-order valence-electron chi connectivity index (χ4n) is 0.201. The van der Waals surface area contributed by atoms with Crippen LogP contribution in [0.4, 0.5) is 0 Å². The van der Waals surface area contributed by atoms with Gasteiger partial charge < -0.3 is 0 Å². The van der Waals surface area contributed by atoms with Gasteiger partial charge in [-0.15, -0.1) is 23.2 Å². The molecule has 0 saturated heterocycles. The summed E-state index contributed by atoms with van der Waals surface area (Å²) in [5, 5.41) is 0. The molecule has 0 aliphatic rings. The molecule has 0 amide bonds. The third kappa shape index (κ3) is 3.58. The molecule has 3 heteroatoms. The summed E-state index contributed by atoms with van der Waals surface area (Å²) in [6.07, 6.45) is 1.16.